The number of ether oxygens (including phenoxy) is 1. The van der Waals surface area contributed by atoms with Crippen molar-refractivity contribution in [3.05, 3.63) is 128 Å². The summed E-state index contributed by atoms with van der Waals surface area (Å²) >= 11 is 0. The molecule has 5 aromatic carbocycles. The van der Waals surface area contributed by atoms with Gasteiger partial charge in [-0.05, 0) is 35.3 Å². The van der Waals surface area contributed by atoms with Gasteiger partial charge in [0.25, 0.3) is 0 Å². The van der Waals surface area contributed by atoms with Crippen LogP contribution in [0.2, 0.25) is 0 Å². The van der Waals surface area contributed by atoms with Crippen LogP contribution in [0.5, 0.6) is 11.5 Å². The second kappa shape index (κ2) is 9.34. The summed E-state index contributed by atoms with van der Waals surface area (Å²) in [6, 6.07) is 43.9. The van der Waals surface area contributed by atoms with Crippen LogP contribution < -0.4 is 4.74 Å². The Balaban J connectivity index is 0.00000253. The number of para-hydroxylation sites is 3. The Morgan fingerprint density at radius 3 is 2.31 bits per heavy atom. The molecule has 3 heterocycles. The Morgan fingerprint density at radius 1 is 0.667 bits per heavy atom. The third-order valence-electron chi connectivity index (χ3n) is 7.04. The second-order valence-corrected chi connectivity index (χ2v) is 9.30. The second-order valence-electron chi connectivity index (χ2n) is 9.30. The van der Waals surface area contributed by atoms with Gasteiger partial charge in [-0.3, -0.25) is 4.98 Å². The zero-order valence-electron chi connectivity index (χ0n) is 20.5. The van der Waals surface area contributed by atoms with Crippen molar-refractivity contribution < 1.29 is 25.8 Å². The summed E-state index contributed by atoms with van der Waals surface area (Å²) in [6.45, 7) is 0. The topological polar surface area (TPSA) is 39.4 Å². The molecule has 8 aromatic rings. The first-order valence-corrected chi connectivity index (χ1v) is 12.5. The van der Waals surface area contributed by atoms with Crippen molar-refractivity contribution in [3.8, 4) is 22.8 Å². The molecule has 0 spiro atoms. The van der Waals surface area contributed by atoms with Crippen molar-refractivity contribution >= 4 is 49.1 Å². The fraction of sp³-hybridized carbons (Fsp3) is 0. The molecule has 0 amide bonds. The molecule has 0 saturated heterocycles. The Labute approximate surface area is 238 Å². The summed E-state index contributed by atoms with van der Waals surface area (Å²) in [5.74, 6) is 1.26. The van der Waals surface area contributed by atoms with Crippen LogP contribution in [-0.2, 0) is 21.1 Å². The average molecular weight is 681 g/mol. The predicted octanol–water partition coefficient (Wildman–Crippen LogP) is 8.40. The fourth-order valence-corrected chi connectivity index (χ4v) is 5.33. The molecule has 0 atom stereocenters. The number of nitrogens with zero attached hydrogens (tertiary/aromatic N) is 3. The van der Waals surface area contributed by atoms with E-state index in [4.69, 9.17) is 9.72 Å². The molecule has 0 aliphatic rings. The number of hydrogen-bond donors (Lipinski definition) is 0. The van der Waals surface area contributed by atoms with E-state index in [1.807, 2.05) is 54.6 Å². The molecule has 0 aliphatic heterocycles. The monoisotopic (exact) mass is 680 g/mol. The molecule has 4 nitrogen and oxygen atoms in total. The van der Waals surface area contributed by atoms with Crippen molar-refractivity contribution in [2.24, 2.45) is 0 Å². The Kier molecular flexibility index (Phi) is 5.64. The Bertz CT molecular complexity index is 2170. The molecule has 0 unspecified atom stereocenters. The van der Waals surface area contributed by atoms with Crippen molar-refractivity contribution in [3.63, 3.8) is 0 Å². The fourth-order valence-electron chi connectivity index (χ4n) is 5.33. The minimum absolute atomic E-state index is 0. The number of fused-ring (bicyclic) bond motifs is 9. The summed E-state index contributed by atoms with van der Waals surface area (Å²) < 4.78 is 8.74. The summed E-state index contributed by atoms with van der Waals surface area (Å²) in [5, 5.41) is 5.20. The van der Waals surface area contributed by atoms with E-state index in [0.29, 0.717) is 11.5 Å². The van der Waals surface area contributed by atoms with E-state index in [1.54, 1.807) is 6.20 Å². The smallest absolute Gasteiger partial charge is 0.496 e. The third-order valence-corrected chi connectivity index (χ3v) is 7.04. The first-order chi connectivity index (χ1) is 18.8. The van der Waals surface area contributed by atoms with Crippen LogP contribution in [0.15, 0.2) is 115 Å². The standard InChI is InChI=1S/C34H19N3O.Pt/c1-2-10-25-22(9-1)19-23(29-12-7-8-18-35-29)20-33(25)38-24-16-17-26-27-11-3-5-14-31(27)37-32-15-6-4-13-30(32)36-34(37)28(26)21-24;/h1-19H;/q-2;+2. The van der Waals surface area contributed by atoms with Crippen molar-refractivity contribution in [1.29, 1.82) is 0 Å². The number of benzene rings is 5. The quantitative estimate of drug-likeness (QED) is 0.139. The molecule has 0 fully saturated rings. The largest absolute Gasteiger partial charge is 2.00 e. The Hall–Kier alpha value is -4.53. The molecule has 186 valence electrons. The summed E-state index contributed by atoms with van der Waals surface area (Å²) in [4.78, 5) is 9.53. The first kappa shape index (κ1) is 23.6. The minimum Gasteiger partial charge on any atom is -0.496 e. The van der Waals surface area contributed by atoms with Gasteiger partial charge in [-0.1, -0.05) is 106 Å². The molecular weight excluding hydrogens is 661 g/mol. The van der Waals surface area contributed by atoms with Crippen molar-refractivity contribution in [1.82, 2.24) is 14.4 Å². The van der Waals surface area contributed by atoms with Gasteiger partial charge < -0.3 is 14.1 Å². The number of imidazole rings is 1. The number of rotatable bonds is 3. The molecule has 8 rings (SSSR count). The molecule has 0 bridgehead atoms. The van der Waals surface area contributed by atoms with Gasteiger partial charge in [0.05, 0.1) is 22.4 Å². The summed E-state index contributed by atoms with van der Waals surface area (Å²) in [5.41, 5.74) is 5.74. The third kappa shape index (κ3) is 3.79. The van der Waals surface area contributed by atoms with Gasteiger partial charge in [-0.25, -0.2) is 0 Å². The van der Waals surface area contributed by atoms with E-state index in [1.165, 1.54) is 0 Å². The first-order valence-electron chi connectivity index (χ1n) is 12.5. The maximum Gasteiger partial charge on any atom is 2.00 e. The zero-order valence-corrected chi connectivity index (χ0v) is 22.8. The molecule has 3 aromatic heterocycles. The van der Waals surface area contributed by atoms with Crippen LogP contribution in [-0.4, -0.2) is 14.4 Å². The van der Waals surface area contributed by atoms with Gasteiger partial charge in [-0.2, -0.15) is 0 Å². The molecule has 0 saturated carbocycles. The number of hydrogen-bond acceptors (Lipinski definition) is 3. The summed E-state index contributed by atoms with van der Waals surface area (Å²) in [6.07, 6.45) is 1.79. The van der Waals surface area contributed by atoms with Gasteiger partial charge in [-0.15, -0.1) is 17.7 Å². The van der Waals surface area contributed by atoms with Crippen LogP contribution >= 0.6 is 0 Å². The van der Waals surface area contributed by atoms with Crippen LogP contribution in [0.1, 0.15) is 0 Å². The van der Waals surface area contributed by atoms with E-state index in [9.17, 15) is 0 Å². The molecular formula is C34H19N3OPt. The van der Waals surface area contributed by atoms with Crippen molar-refractivity contribution in [2.75, 3.05) is 0 Å². The maximum absolute atomic E-state index is 6.52. The van der Waals surface area contributed by atoms with Gasteiger partial charge in [0, 0.05) is 17.5 Å². The normalized spacial score (nSPS) is 11.4. The van der Waals surface area contributed by atoms with Crippen LogP contribution in [0.3, 0.4) is 0 Å². The summed E-state index contributed by atoms with van der Waals surface area (Å²) in [7, 11) is 0. The van der Waals surface area contributed by atoms with E-state index in [-0.39, 0.29) is 21.1 Å². The van der Waals surface area contributed by atoms with Crippen LogP contribution in [0.4, 0.5) is 0 Å². The predicted molar refractivity (Wildman–Crippen MR) is 153 cm³/mol. The van der Waals surface area contributed by atoms with Gasteiger partial charge >= 0.3 is 21.1 Å². The van der Waals surface area contributed by atoms with Gasteiger partial charge in [0.2, 0.25) is 0 Å². The molecule has 5 heteroatoms. The van der Waals surface area contributed by atoms with E-state index in [0.717, 1.165) is 60.4 Å². The average Bonchev–Trinajstić information content (AvgIpc) is 3.38. The number of pyridine rings is 2. The molecule has 39 heavy (non-hydrogen) atoms. The van der Waals surface area contributed by atoms with E-state index >= 15 is 0 Å². The Morgan fingerprint density at radius 2 is 1.44 bits per heavy atom. The van der Waals surface area contributed by atoms with Crippen LogP contribution in [0, 0.1) is 12.1 Å². The SMILES string of the molecule is [Pt+2].[c-]1c(-c2ccccn2)cc2ccccc2c1Oc1[c-]c2c(cc1)c1ccccc1n1c3ccccc3nc21. The molecule has 0 radical (unpaired) electrons. The molecule has 0 N–H and O–H groups in total. The zero-order chi connectivity index (χ0) is 25.1. The van der Waals surface area contributed by atoms with Gasteiger partial charge in [0.1, 0.15) is 0 Å². The van der Waals surface area contributed by atoms with E-state index in [2.05, 4.69) is 76.1 Å². The van der Waals surface area contributed by atoms with E-state index < -0.39 is 0 Å². The van der Waals surface area contributed by atoms with Crippen LogP contribution in [0.25, 0.3) is 60.4 Å². The maximum atomic E-state index is 6.52. The minimum atomic E-state index is 0. The number of aromatic nitrogens is 3. The van der Waals surface area contributed by atoms with Gasteiger partial charge in [0.15, 0.2) is 0 Å². The van der Waals surface area contributed by atoms with Crippen molar-refractivity contribution in [2.45, 2.75) is 0 Å². The molecule has 0 aliphatic carbocycles.